The molecule has 2 aromatic rings. The van der Waals surface area contributed by atoms with E-state index in [1.54, 1.807) is 0 Å². The molecule has 0 radical (unpaired) electrons. The third kappa shape index (κ3) is 7.40. The second-order valence-corrected chi connectivity index (χ2v) is 7.43. The van der Waals surface area contributed by atoms with Gasteiger partial charge in [-0.15, -0.1) is 0 Å². The lowest BCUT2D eigenvalue weighted by atomic mass is 9.78. The van der Waals surface area contributed by atoms with E-state index in [4.69, 9.17) is 20.5 Å². The topological polar surface area (TPSA) is 156 Å². The Labute approximate surface area is 180 Å². The number of benzene rings is 2. The maximum Gasteiger partial charge on any atom is 0.119 e. The van der Waals surface area contributed by atoms with Crippen molar-refractivity contribution in [3.63, 3.8) is 0 Å². The Morgan fingerprint density at radius 1 is 0.774 bits per heavy atom. The molecule has 2 unspecified atom stereocenters. The van der Waals surface area contributed by atoms with E-state index in [1.807, 2.05) is 48.5 Å². The molecule has 0 heterocycles. The van der Waals surface area contributed by atoms with Crippen molar-refractivity contribution in [3.8, 4) is 11.5 Å². The van der Waals surface area contributed by atoms with Crippen LogP contribution >= 0.6 is 0 Å². The first-order valence-electron chi connectivity index (χ1n) is 9.71. The predicted octanol–water partition coefficient (Wildman–Crippen LogP) is 4.11. The Bertz CT molecular complexity index is 844. The minimum atomic E-state index is -0.854. The van der Waals surface area contributed by atoms with Gasteiger partial charge in [0.25, 0.3) is 0 Å². The molecule has 0 aliphatic heterocycles. The van der Waals surface area contributed by atoms with Crippen LogP contribution in [0.2, 0.25) is 0 Å². The molecule has 10 heteroatoms. The molecule has 0 aliphatic rings. The number of nitrogens with zero attached hydrogens (tertiary/aromatic N) is 6. The summed E-state index contributed by atoms with van der Waals surface area (Å²) in [6.07, 6.45) is -1.71. The number of azide groups is 2. The predicted molar refractivity (Wildman–Crippen MR) is 116 cm³/mol. The summed E-state index contributed by atoms with van der Waals surface area (Å²) in [7, 11) is 0. The molecule has 31 heavy (non-hydrogen) atoms. The molecule has 0 saturated carbocycles. The molecule has 0 bridgehead atoms. The van der Waals surface area contributed by atoms with Crippen molar-refractivity contribution in [2.24, 2.45) is 10.2 Å². The van der Waals surface area contributed by atoms with Crippen molar-refractivity contribution in [1.82, 2.24) is 0 Å². The van der Waals surface area contributed by atoms with Crippen molar-refractivity contribution in [2.45, 2.75) is 31.5 Å². The minimum Gasteiger partial charge on any atom is -0.491 e. The molecular formula is C21H26N6O4. The third-order valence-corrected chi connectivity index (χ3v) is 4.75. The standard InChI is InChI=1S/C21H26N6O4/c1-21(2,15-3-7-19(8-4-15)30-13-17(28)11-24-26-22)16-5-9-20(10-6-16)31-14-18(29)12-25-27-23/h3-10,17-18,28-29H,11-14H2,1-2H3. The molecule has 2 N–H and O–H groups in total. The highest BCUT2D eigenvalue weighted by molar-refractivity contribution is 5.41. The Morgan fingerprint density at radius 3 is 1.45 bits per heavy atom. The van der Waals surface area contributed by atoms with Gasteiger partial charge < -0.3 is 19.7 Å². The molecule has 2 rings (SSSR count). The van der Waals surface area contributed by atoms with Crippen molar-refractivity contribution < 1.29 is 19.7 Å². The van der Waals surface area contributed by atoms with Crippen LogP contribution in [0.4, 0.5) is 0 Å². The van der Waals surface area contributed by atoms with E-state index in [1.165, 1.54) is 0 Å². The highest BCUT2D eigenvalue weighted by Gasteiger charge is 2.23. The van der Waals surface area contributed by atoms with E-state index in [0.29, 0.717) is 11.5 Å². The average Bonchev–Trinajstić information content (AvgIpc) is 2.79. The molecule has 164 valence electrons. The van der Waals surface area contributed by atoms with Crippen molar-refractivity contribution in [2.75, 3.05) is 26.3 Å². The maximum absolute atomic E-state index is 9.67. The molecular weight excluding hydrogens is 400 g/mol. The summed E-state index contributed by atoms with van der Waals surface area (Å²) < 4.78 is 11.1. The molecule has 0 spiro atoms. The van der Waals surface area contributed by atoms with Gasteiger partial charge in [0, 0.05) is 15.2 Å². The Hall–Kier alpha value is -3.42. The number of aliphatic hydroxyl groups is 2. The van der Waals surface area contributed by atoms with Crippen LogP contribution in [0, 0.1) is 0 Å². The fourth-order valence-electron chi connectivity index (χ4n) is 2.85. The van der Waals surface area contributed by atoms with E-state index in [0.717, 1.165) is 11.1 Å². The molecule has 0 fully saturated rings. The van der Waals surface area contributed by atoms with Gasteiger partial charge in [-0.1, -0.05) is 48.3 Å². The molecule has 0 aromatic heterocycles. The van der Waals surface area contributed by atoms with Gasteiger partial charge >= 0.3 is 0 Å². The number of hydrogen-bond acceptors (Lipinski definition) is 6. The summed E-state index contributed by atoms with van der Waals surface area (Å²) in [6.45, 7) is 4.22. The first-order chi connectivity index (χ1) is 14.9. The smallest absolute Gasteiger partial charge is 0.119 e. The average molecular weight is 426 g/mol. The van der Waals surface area contributed by atoms with E-state index in [9.17, 15) is 10.2 Å². The second kappa shape index (κ2) is 11.7. The van der Waals surface area contributed by atoms with Crippen LogP contribution in [-0.4, -0.2) is 48.7 Å². The second-order valence-electron chi connectivity index (χ2n) is 7.43. The Kier molecular flexibility index (Phi) is 8.99. The summed E-state index contributed by atoms with van der Waals surface area (Å²) in [4.78, 5) is 5.21. The highest BCUT2D eigenvalue weighted by Crippen LogP contribution is 2.33. The lowest BCUT2D eigenvalue weighted by molar-refractivity contribution is 0.114. The van der Waals surface area contributed by atoms with Gasteiger partial charge in [0.2, 0.25) is 0 Å². The van der Waals surface area contributed by atoms with Crippen molar-refractivity contribution >= 4 is 0 Å². The largest absolute Gasteiger partial charge is 0.491 e. The number of ether oxygens (including phenoxy) is 2. The fourth-order valence-corrected chi connectivity index (χ4v) is 2.85. The molecule has 0 saturated heterocycles. The number of aliphatic hydroxyl groups excluding tert-OH is 2. The van der Waals surface area contributed by atoms with E-state index >= 15 is 0 Å². The van der Waals surface area contributed by atoms with Crippen LogP contribution in [-0.2, 0) is 5.41 Å². The van der Waals surface area contributed by atoms with Crippen LogP contribution in [0.15, 0.2) is 58.8 Å². The van der Waals surface area contributed by atoms with Gasteiger partial charge in [-0.25, -0.2) is 0 Å². The van der Waals surface area contributed by atoms with E-state index in [2.05, 4.69) is 33.9 Å². The van der Waals surface area contributed by atoms with Crippen LogP contribution in [0.5, 0.6) is 11.5 Å². The first kappa shape index (κ1) is 23.9. The van der Waals surface area contributed by atoms with Crippen molar-refractivity contribution in [1.29, 1.82) is 0 Å². The zero-order valence-corrected chi connectivity index (χ0v) is 17.5. The van der Waals surface area contributed by atoms with Gasteiger partial charge in [0.1, 0.15) is 24.7 Å². The lowest BCUT2D eigenvalue weighted by Crippen LogP contribution is -2.21. The molecule has 10 nitrogen and oxygen atoms in total. The quantitative estimate of drug-likeness (QED) is 0.297. The van der Waals surface area contributed by atoms with Crippen LogP contribution in [0.3, 0.4) is 0 Å². The van der Waals surface area contributed by atoms with Gasteiger partial charge in [-0.2, -0.15) is 0 Å². The lowest BCUT2D eigenvalue weighted by Gasteiger charge is -2.26. The summed E-state index contributed by atoms with van der Waals surface area (Å²) in [6, 6.07) is 15.2. The fraction of sp³-hybridized carbons (Fsp3) is 0.429. The normalized spacial score (nSPS) is 12.8. The van der Waals surface area contributed by atoms with Crippen molar-refractivity contribution in [3.05, 3.63) is 80.5 Å². The van der Waals surface area contributed by atoms with Gasteiger partial charge in [0.05, 0.1) is 25.3 Å². The van der Waals surface area contributed by atoms with E-state index in [-0.39, 0.29) is 31.7 Å². The summed E-state index contributed by atoms with van der Waals surface area (Å²) >= 11 is 0. The van der Waals surface area contributed by atoms with Crippen LogP contribution < -0.4 is 9.47 Å². The maximum atomic E-state index is 9.67. The monoisotopic (exact) mass is 426 g/mol. The number of rotatable bonds is 12. The van der Waals surface area contributed by atoms with Gasteiger partial charge in [-0.3, -0.25) is 0 Å². The summed E-state index contributed by atoms with van der Waals surface area (Å²) in [5.41, 5.74) is 18.4. The minimum absolute atomic E-state index is 0.0336. The third-order valence-electron chi connectivity index (χ3n) is 4.75. The van der Waals surface area contributed by atoms with Crippen LogP contribution in [0.1, 0.15) is 25.0 Å². The molecule has 0 amide bonds. The van der Waals surface area contributed by atoms with Crippen LogP contribution in [0.25, 0.3) is 20.9 Å². The Morgan fingerprint density at radius 2 is 1.13 bits per heavy atom. The zero-order chi connectivity index (χ0) is 22.7. The number of hydrogen-bond donors (Lipinski definition) is 2. The molecule has 2 aromatic carbocycles. The summed E-state index contributed by atoms with van der Waals surface area (Å²) in [5.74, 6) is 1.23. The van der Waals surface area contributed by atoms with E-state index < -0.39 is 12.2 Å². The molecule has 0 aliphatic carbocycles. The summed E-state index contributed by atoms with van der Waals surface area (Å²) in [5, 5.41) is 26.0. The SMILES string of the molecule is CC(C)(c1ccc(OCC(O)CN=[N+]=[N-])cc1)c1ccc(OCC(O)CN=[N+]=[N-])cc1. The highest BCUT2D eigenvalue weighted by atomic mass is 16.5. The Balaban J connectivity index is 1.97. The van der Waals surface area contributed by atoms with Gasteiger partial charge in [0.15, 0.2) is 0 Å². The molecule has 2 atom stereocenters. The zero-order valence-electron chi connectivity index (χ0n) is 17.5. The first-order valence-corrected chi connectivity index (χ1v) is 9.71. The van der Waals surface area contributed by atoms with Gasteiger partial charge in [-0.05, 0) is 46.5 Å².